The molecule has 0 aromatic heterocycles. The molecule has 0 aromatic rings. The SMILES string of the molecule is COCCOCCOCCO.OCCCCCCO. The van der Waals surface area contributed by atoms with Crippen molar-refractivity contribution < 1.29 is 29.5 Å². The molecule has 0 amide bonds. The van der Waals surface area contributed by atoms with Gasteiger partial charge in [0.15, 0.2) is 0 Å². The second kappa shape index (κ2) is 22.9. The van der Waals surface area contributed by atoms with Gasteiger partial charge < -0.3 is 29.5 Å². The van der Waals surface area contributed by atoms with Crippen LogP contribution < -0.4 is 0 Å². The normalized spacial score (nSPS) is 10.1. The largest absolute Gasteiger partial charge is 0.396 e. The van der Waals surface area contributed by atoms with E-state index in [1.165, 1.54) is 0 Å². The van der Waals surface area contributed by atoms with Crippen molar-refractivity contribution in [2.75, 3.05) is 60.0 Å². The van der Waals surface area contributed by atoms with Crippen LogP contribution in [0.5, 0.6) is 0 Å². The van der Waals surface area contributed by atoms with Gasteiger partial charge >= 0.3 is 0 Å². The first-order chi connectivity index (χ1) is 9.33. The molecule has 0 unspecified atom stereocenters. The summed E-state index contributed by atoms with van der Waals surface area (Å²) in [5.74, 6) is 0. The predicted molar refractivity (Wildman–Crippen MR) is 73.2 cm³/mol. The van der Waals surface area contributed by atoms with E-state index in [4.69, 9.17) is 29.5 Å². The van der Waals surface area contributed by atoms with Crippen molar-refractivity contribution in [3.8, 4) is 0 Å². The topological polar surface area (TPSA) is 88.4 Å². The quantitative estimate of drug-likeness (QED) is 0.418. The summed E-state index contributed by atoms with van der Waals surface area (Å²) in [6.07, 6.45) is 3.83. The highest BCUT2D eigenvalue weighted by Gasteiger charge is 1.88. The second-order valence-electron chi connectivity index (χ2n) is 3.80. The van der Waals surface area contributed by atoms with Crippen molar-refractivity contribution in [3.63, 3.8) is 0 Å². The number of aliphatic hydroxyl groups excluding tert-OH is 3. The van der Waals surface area contributed by atoms with Gasteiger partial charge in [-0.1, -0.05) is 12.8 Å². The molecular weight excluding hydrogens is 252 g/mol. The maximum atomic E-state index is 8.32. The third kappa shape index (κ3) is 27.1. The molecule has 19 heavy (non-hydrogen) atoms. The van der Waals surface area contributed by atoms with Crippen LogP contribution in [0.3, 0.4) is 0 Å². The second-order valence-corrected chi connectivity index (χ2v) is 3.80. The summed E-state index contributed by atoms with van der Waals surface area (Å²) in [5, 5.41) is 24.9. The molecule has 6 heteroatoms. The van der Waals surface area contributed by atoms with Crippen LogP contribution >= 0.6 is 0 Å². The van der Waals surface area contributed by atoms with E-state index in [2.05, 4.69) is 0 Å². The molecule has 0 saturated carbocycles. The lowest BCUT2D eigenvalue weighted by Gasteiger charge is -2.03. The van der Waals surface area contributed by atoms with E-state index in [-0.39, 0.29) is 19.8 Å². The van der Waals surface area contributed by atoms with Crippen LogP contribution in [0.4, 0.5) is 0 Å². The summed E-state index contributed by atoms with van der Waals surface area (Å²) in [5.41, 5.74) is 0. The number of aliphatic hydroxyl groups is 3. The van der Waals surface area contributed by atoms with Crippen molar-refractivity contribution >= 4 is 0 Å². The molecule has 0 saturated heterocycles. The number of hydrogen-bond acceptors (Lipinski definition) is 6. The Morgan fingerprint density at radius 1 is 0.579 bits per heavy atom. The summed E-state index contributed by atoms with van der Waals surface area (Å²) < 4.78 is 14.8. The van der Waals surface area contributed by atoms with Crippen LogP contribution in [0.1, 0.15) is 25.7 Å². The third-order valence-corrected chi connectivity index (χ3v) is 2.11. The lowest BCUT2D eigenvalue weighted by Crippen LogP contribution is -2.09. The van der Waals surface area contributed by atoms with Crippen molar-refractivity contribution in [3.05, 3.63) is 0 Å². The fourth-order valence-corrected chi connectivity index (χ4v) is 1.11. The standard InChI is InChI=1S/C7H16O4.C6H14O2/c1-9-4-5-11-7-6-10-3-2-8;7-5-3-1-2-4-6-8/h8H,2-7H2,1H3;7-8H,1-6H2. The lowest BCUT2D eigenvalue weighted by atomic mass is 10.2. The van der Waals surface area contributed by atoms with Gasteiger partial charge in [-0.15, -0.1) is 0 Å². The first kappa shape index (κ1) is 21.1. The van der Waals surface area contributed by atoms with Gasteiger partial charge in [0, 0.05) is 20.3 Å². The van der Waals surface area contributed by atoms with Gasteiger partial charge in [0.25, 0.3) is 0 Å². The average molecular weight is 282 g/mol. The van der Waals surface area contributed by atoms with Gasteiger partial charge in [0.05, 0.1) is 39.6 Å². The van der Waals surface area contributed by atoms with Gasteiger partial charge in [0.1, 0.15) is 0 Å². The molecule has 0 aliphatic carbocycles. The van der Waals surface area contributed by atoms with Crippen molar-refractivity contribution in [2.45, 2.75) is 25.7 Å². The van der Waals surface area contributed by atoms with Crippen LogP contribution in [0.25, 0.3) is 0 Å². The summed E-state index contributed by atoms with van der Waals surface area (Å²) >= 11 is 0. The minimum Gasteiger partial charge on any atom is -0.396 e. The van der Waals surface area contributed by atoms with E-state index in [1.807, 2.05) is 0 Å². The Bertz CT molecular complexity index is 120. The summed E-state index contributed by atoms with van der Waals surface area (Å²) in [6, 6.07) is 0. The Kier molecular flexibility index (Phi) is 25.4. The molecule has 0 atom stereocenters. The predicted octanol–water partition coefficient (Wildman–Crippen LogP) is 0.190. The molecule has 0 fully saturated rings. The first-order valence-electron chi connectivity index (χ1n) is 6.80. The Labute approximate surface area is 116 Å². The molecule has 118 valence electrons. The molecule has 0 radical (unpaired) electrons. The highest BCUT2D eigenvalue weighted by atomic mass is 16.5. The van der Waals surface area contributed by atoms with E-state index in [1.54, 1.807) is 7.11 Å². The Morgan fingerprint density at radius 3 is 1.47 bits per heavy atom. The van der Waals surface area contributed by atoms with Gasteiger partial charge in [-0.05, 0) is 12.8 Å². The van der Waals surface area contributed by atoms with Crippen molar-refractivity contribution in [2.24, 2.45) is 0 Å². The highest BCUT2D eigenvalue weighted by molar-refractivity contribution is 4.39. The molecular formula is C13H30O6. The average Bonchev–Trinajstić information content (AvgIpc) is 2.44. The third-order valence-electron chi connectivity index (χ3n) is 2.11. The maximum Gasteiger partial charge on any atom is 0.0701 e. The van der Waals surface area contributed by atoms with E-state index < -0.39 is 0 Å². The summed E-state index contributed by atoms with van der Waals surface area (Å²) in [4.78, 5) is 0. The fourth-order valence-electron chi connectivity index (χ4n) is 1.11. The van der Waals surface area contributed by atoms with Gasteiger partial charge in [-0.2, -0.15) is 0 Å². The summed E-state index contributed by atoms with van der Waals surface area (Å²) in [6.45, 7) is 3.31. The number of rotatable bonds is 13. The minimum atomic E-state index is 0.0675. The van der Waals surface area contributed by atoms with E-state index in [0.29, 0.717) is 33.0 Å². The molecule has 0 spiro atoms. The molecule has 0 aliphatic rings. The number of unbranched alkanes of at least 4 members (excludes halogenated alkanes) is 3. The van der Waals surface area contributed by atoms with Crippen LogP contribution in [0.2, 0.25) is 0 Å². The van der Waals surface area contributed by atoms with Gasteiger partial charge in [-0.3, -0.25) is 0 Å². The zero-order chi connectivity index (χ0) is 14.6. The zero-order valence-corrected chi connectivity index (χ0v) is 12.1. The van der Waals surface area contributed by atoms with Crippen LogP contribution in [0, 0.1) is 0 Å². The Morgan fingerprint density at radius 2 is 1.05 bits per heavy atom. The van der Waals surface area contributed by atoms with E-state index in [9.17, 15) is 0 Å². The number of ether oxygens (including phenoxy) is 3. The van der Waals surface area contributed by atoms with Crippen molar-refractivity contribution in [1.29, 1.82) is 0 Å². The number of hydrogen-bond donors (Lipinski definition) is 3. The molecule has 0 aromatic carbocycles. The fraction of sp³-hybridized carbons (Fsp3) is 1.00. The van der Waals surface area contributed by atoms with E-state index >= 15 is 0 Å². The lowest BCUT2D eigenvalue weighted by molar-refractivity contribution is 0.0159. The monoisotopic (exact) mass is 282 g/mol. The van der Waals surface area contributed by atoms with Crippen LogP contribution in [0.15, 0.2) is 0 Å². The molecule has 6 nitrogen and oxygen atoms in total. The smallest absolute Gasteiger partial charge is 0.0701 e. The Balaban J connectivity index is 0. The van der Waals surface area contributed by atoms with E-state index in [0.717, 1.165) is 25.7 Å². The Hall–Kier alpha value is -0.240. The maximum absolute atomic E-state index is 8.32. The van der Waals surface area contributed by atoms with Crippen LogP contribution in [-0.4, -0.2) is 75.3 Å². The molecule has 0 rings (SSSR count). The minimum absolute atomic E-state index is 0.0675. The molecule has 3 N–H and O–H groups in total. The molecule has 0 heterocycles. The highest BCUT2D eigenvalue weighted by Crippen LogP contribution is 1.96. The van der Waals surface area contributed by atoms with Gasteiger partial charge in [-0.25, -0.2) is 0 Å². The number of methoxy groups -OCH3 is 1. The van der Waals surface area contributed by atoms with Crippen molar-refractivity contribution in [1.82, 2.24) is 0 Å². The van der Waals surface area contributed by atoms with Crippen LogP contribution in [-0.2, 0) is 14.2 Å². The zero-order valence-electron chi connectivity index (χ0n) is 12.1. The van der Waals surface area contributed by atoms with Gasteiger partial charge in [0.2, 0.25) is 0 Å². The summed E-state index contributed by atoms with van der Waals surface area (Å²) in [7, 11) is 1.63. The molecule has 0 bridgehead atoms. The molecule has 0 aliphatic heterocycles. The first-order valence-corrected chi connectivity index (χ1v) is 6.80.